The molecule has 0 saturated carbocycles. The highest BCUT2D eigenvalue weighted by molar-refractivity contribution is 5.97. The number of pyridine rings is 1. The Kier molecular flexibility index (Phi) is 3.68. The first-order chi connectivity index (χ1) is 10.5. The SMILES string of the molecule is Cc1ccc2[nH]cc(C(=O)N3CC(CC(F)F)C3)c(=O)c2c1. The van der Waals surface area contributed by atoms with Gasteiger partial charge < -0.3 is 9.88 Å². The van der Waals surface area contributed by atoms with Gasteiger partial charge in [-0.25, -0.2) is 8.78 Å². The second-order valence-electron chi connectivity index (χ2n) is 5.78. The van der Waals surface area contributed by atoms with Crippen LogP contribution in [-0.2, 0) is 0 Å². The smallest absolute Gasteiger partial charge is 0.259 e. The molecule has 0 bridgehead atoms. The number of carbonyl (C=O) groups is 1. The highest BCUT2D eigenvalue weighted by atomic mass is 19.3. The third-order valence-electron chi connectivity index (χ3n) is 4.02. The molecule has 1 fully saturated rings. The minimum atomic E-state index is -2.35. The Bertz CT molecular complexity index is 779. The van der Waals surface area contributed by atoms with E-state index in [1.807, 2.05) is 13.0 Å². The molecule has 2 aromatic rings. The molecule has 1 aromatic carbocycles. The largest absolute Gasteiger partial charge is 0.360 e. The summed E-state index contributed by atoms with van der Waals surface area (Å²) in [6.45, 7) is 2.45. The number of hydrogen-bond donors (Lipinski definition) is 1. The normalized spacial score (nSPS) is 15.4. The molecule has 0 aliphatic carbocycles. The van der Waals surface area contributed by atoms with Crippen LogP contribution in [0.3, 0.4) is 0 Å². The maximum atomic E-state index is 12.4. The van der Waals surface area contributed by atoms with Crippen molar-refractivity contribution in [2.75, 3.05) is 13.1 Å². The van der Waals surface area contributed by atoms with E-state index in [1.165, 1.54) is 11.1 Å². The Morgan fingerprint density at radius 2 is 2.14 bits per heavy atom. The Morgan fingerprint density at radius 3 is 2.82 bits per heavy atom. The molecule has 0 spiro atoms. The second kappa shape index (κ2) is 5.51. The van der Waals surface area contributed by atoms with Gasteiger partial charge in [-0.2, -0.15) is 0 Å². The molecule has 6 heteroatoms. The van der Waals surface area contributed by atoms with Crippen molar-refractivity contribution in [2.45, 2.75) is 19.8 Å². The molecular weight excluding hydrogens is 290 g/mol. The fraction of sp³-hybridized carbons (Fsp3) is 0.375. The summed E-state index contributed by atoms with van der Waals surface area (Å²) in [6.07, 6.45) is -1.14. The van der Waals surface area contributed by atoms with Gasteiger partial charge in [-0.3, -0.25) is 9.59 Å². The van der Waals surface area contributed by atoms with Gasteiger partial charge in [0.2, 0.25) is 11.9 Å². The molecule has 1 saturated heterocycles. The molecule has 0 atom stereocenters. The van der Waals surface area contributed by atoms with Crippen LogP contribution in [0.25, 0.3) is 10.9 Å². The van der Waals surface area contributed by atoms with Gasteiger partial charge >= 0.3 is 0 Å². The van der Waals surface area contributed by atoms with Gasteiger partial charge in [0, 0.05) is 36.6 Å². The maximum Gasteiger partial charge on any atom is 0.259 e. The van der Waals surface area contributed by atoms with Crippen molar-refractivity contribution < 1.29 is 13.6 Å². The highest BCUT2D eigenvalue weighted by Crippen LogP contribution is 2.23. The van der Waals surface area contributed by atoms with E-state index in [0.29, 0.717) is 10.9 Å². The monoisotopic (exact) mass is 306 g/mol. The summed E-state index contributed by atoms with van der Waals surface area (Å²) in [5.41, 5.74) is 1.35. The molecule has 2 heterocycles. The third-order valence-corrected chi connectivity index (χ3v) is 4.02. The van der Waals surface area contributed by atoms with Crippen LogP contribution in [0.2, 0.25) is 0 Å². The van der Waals surface area contributed by atoms with Gasteiger partial charge in [-0.1, -0.05) is 11.6 Å². The quantitative estimate of drug-likeness (QED) is 0.947. The summed E-state index contributed by atoms with van der Waals surface area (Å²) < 4.78 is 24.6. The number of aromatic amines is 1. The number of benzene rings is 1. The van der Waals surface area contributed by atoms with Crippen LogP contribution in [-0.4, -0.2) is 35.3 Å². The molecule has 22 heavy (non-hydrogen) atoms. The van der Waals surface area contributed by atoms with Crippen LogP contribution >= 0.6 is 0 Å². The molecule has 116 valence electrons. The first-order valence-corrected chi connectivity index (χ1v) is 7.15. The Labute approximate surface area is 125 Å². The molecule has 1 aliphatic rings. The number of carbonyl (C=O) groups excluding carboxylic acids is 1. The minimum Gasteiger partial charge on any atom is -0.360 e. The maximum absolute atomic E-state index is 12.4. The van der Waals surface area contributed by atoms with Crippen molar-refractivity contribution in [1.82, 2.24) is 9.88 Å². The lowest BCUT2D eigenvalue weighted by Crippen LogP contribution is -2.51. The number of H-pyrrole nitrogens is 1. The van der Waals surface area contributed by atoms with Crippen LogP contribution < -0.4 is 5.43 Å². The molecule has 3 rings (SSSR count). The first kappa shape index (κ1) is 14.7. The van der Waals surface area contributed by atoms with Crippen molar-refractivity contribution in [3.63, 3.8) is 0 Å². The Morgan fingerprint density at radius 1 is 1.41 bits per heavy atom. The predicted octanol–water partition coefficient (Wildman–Crippen LogP) is 2.56. The lowest BCUT2D eigenvalue weighted by atomic mass is 9.95. The lowest BCUT2D eigenvalue weighted by molar-refractivity contribution is 0.0279. The van der Waals surface area contributed by atoms with E-state index in [2.05, 4.69) is 4.98 Å². The van der Waals surface area contributed by atoms with Crippen molar-refractivity contribution in [3.05, 3.63) is 45.7 Å². The Hall–Kier alpha value is -2.24. The van der Waals surface area contributed by atoms with Gasteiger partial charge in [-0.05, 0) is 25.0 Å². The fourth-order valence-corrected chi connectivity index (χ4v) is 2.80. The number of fused-ring (bicyclic) bond motifs is 1. The van der Waals surface area contributed by atoms with E-state index >= 15 is 0 Å². The van der Waals surface area contributed by atoms with Crippen molar-refractivity contribution in [3.8, 4) is 0 Å². The Balaban J connectivity index is 1.84. The summed E-state index contributed by atoms with van der Waals surface area (Å²) in [5.74, 6) is -0.569. The molecular formula is C16H16F2N2O2. The molecule has 1 N–H and O–H groups in total. The molecule has 1 aliphatic heterocycles. The van der Waals surface area contributed by atoms with Crippen LogP contribution in [0.1, 0.15) is 22.3 Å². The van der Waals surface area contributed by atoms with Crippen LogP contribution in [0.15, 0.2) is 29.2 Å². The number of nitrogens with one attached hydrogen (secondary N) is 1. The number of halogens is 2. The average Bonchev–Trinajstić information content (AvgIpc) is 2.42. The zero-order valence-corrected chi connectivity index (χ0v) is 12.1. The number of aryl methyl sites for hydroxylation is 1. The number of aromatic nitrogens is 1. The zero-order valence-electron chi connectivity index (χ0n) is 12.1. The van der Waals surface area contributed by atoms with Crippen LogP contribution in [0.4, 0.5) is 8.78 Å². The number of amides is 1. The summed E-state index contributed by atoms with van der Waals surface area (Å²) in [7, 11) is 0. The fourth-order valence-electron chi connectivity index (χ4n) is 2.80. The van der Waals surface area contributed by atoms with E-state index in [1.54, 1.807) is 12.1 Å². The molecule has 1 amide bonds. The highest BCUT2D eigenvalue weighted by Gasteiger charge is 2.33. The molecule has 0 unspecified atom stereocenters. The third kappa shape index (κ3) is 2.61. The molecule has 1 aromatic heterocycles. The predicted molar refractivity (Wildman–Crippen MR) is 79.3 cm³/mol. The van der Waals surface area contributed by atoms with E-state index in [9.17, 15) is 18.4 Å². The number of hydrogen-bond acceptors (Lipinski definition) is 2. The summed E-state index contributed by atoms with van der Waals surface area (Å²) in [5, 5.41) is 0.468. The summed E-state index contributed by atoms with van der Waals surface area (Å²) in [4.78, 5) is 29.2. The van der Waals surface area contributed by atoms with Crippen molar-refractivity contribution in [1.29, 1.82) is 0 Å². The first-order valence-electron chi connectivity index (χ1n) is 7.15. The van der Waals surface area contributed by atoms with Crippen molar-refractivity contribution >= 4 is 16.8 Å². The zero-order chi connectivity index (χ0) is 15.9. The van der Waals surface area contributed by atoms with E-state index in [0.717, 1.165) is 5.56 Å². The molecule has 4 nitrogen and oxygen atoms in total. The van der Waals surface area contributed by atoms with Gasteiger partial charge in [0.1, 0.15) is 5.56 Å². The van der Waals surface area contributed by atoms with E-state index < -0.39 is 12.3 Å². The van der Waals surface area contributed by atoms with Crippen LogP contribution in [0, 0.1) is 12.8 Å². The number of likely N-dealkylation sites (tertiary alicyclic amines) is 1. The van der Waals surface area contributed by atoms with Gasteiger partial charge in [0.05, 0.1) is 0 Å². The van der Waals surface area contributed by atoms with E-state index in [-0.39, 0.29) is 36.4 Å². The minimum absolute atomic E-state index is 0.0635. The number of rotatable bonds is 3. The second-order valence-corrected chi connectivity index (χ2v) is 5.78. The van der Waals surface area contributed by atoms with Crippen molar-refractivity contribution in [2.24, 2.45) is 5.92 Å². The summed E-state index contributed by atoms with van der Waals surface area (Å²) >= 11 is 0. The van der Waals surface area contributed by atoms with Gasteiger partial charge in [0.15, 0.2) is 0 Å². The van der Waals surface area contributed by atoms with E-state index in [4.69, 9.17) is 0 Å². The van der Waals surface area contributed by atoms with Gasteiger partial charge in [-0.15, -0.1) is 0 Å². The van der Waals surface area contributed by atoms with Gasteiger partial charge in [0.25, 0.3) is 5.91 Å². The molecule has 0 radical (unpaired) electrons. The van der Waals surface area contributed by atoms with Crippen LogP contribution in [0.5, 0.6) is 0 Å². The number of alkyl halides is 2. The standard InChI is InChI=1S/C16H16F2N2O2/c1-9-2-3-13-11(4-9)15(21)12(6-19-13)16(22)20-7-10(8-20)5-14(17)18/h2-4,6,10,14H,5,7-8H2,1H3,(H,19,21). The lowest BCUT2D eigenvalue weighted by Gasteiger charge is -2.39. The summed E-state index contributed by atoms with van der Waals surface area (Å²) in [6, 6.07) is 5.41. The average molecular weight is 306 g/mol. The number of nitrogens with zero attached hydrogens (tertiary/aromatic N) is 1. The topological polar surface area (TPSA) is 53.2 Å².